The lowest BCUT2D eigenvalue weighted by Gasteiger charge is -2.19. The second kappa shape index (κ2) is 6.89. The summed E-state index contributed by atoms with van der Waals surface area (Å²) in [7, 11) is 0. The van der Waals surface area contributed by atoms with Gasteiger partial charge >= 0.3 is 12.3 Å². The van der Waals surface area contributed by atoms with Gasteiger partial charge in [0.15, 0.2) is 0 Å². The first-order valence-electron chi connectivity index (χ1n) is 7.27. The van der Waals surface area contributed by atoms with Crippen LogP contribution in [0.4, 0.5) is 9.59 Å². The fourth-order valence-electron chi connectivity index (χ4n) is 1.57. The Morgan fingerprint density at radius 2 is 1.09 bits per heavy atom. The van der Waals surface area contributed by atoms with Crippen molar-refractivity contribution in [3.8, 4) is 11.5 Å². The molecule has 0 saturated carbocycles. The SMILES string of the molecule is Cc1cc(OC(=O)OC(C)(C)C)cc(OC(=O)OC(C)(C)C)c1. The highest BCUT2D eigenvalue weighted by atomic mass is 16.7. The van der Waals surface area contributed by atoms with E-state index in [0.717, 1.165) is 5.56 Å². The Kier molecular flexibility index (Phi) is 5.64. The van der Waals surface area contributed by atoms with E-state index in [1.165, 1.54) is 6.07 Å². The van der Waals surface area contributed by atoms with Crippen molar-refractivity contribution in [2.24, 2.45) is 0 Å². The Labute approximate surface area is 136 Å². The van der Waals surface area contributed by atoms with E-state index < -0.39 is 23.5 Å². The maximum atomic E-state index is 11.7. The zero-order valence-electron chi connectivity index (χ0n) is 14.7. The molecule has 0 aliphatic carbocycles. The van der Waals surface area contributed by atoms with Crippen LogP contribution in [0.2, 0.25) is 0 Å². The first-order valence-corrected chi connectivity index (χ1v) is 7.27. The molecule has 0 aromatic heterocycles. The van der Waals surface area contributed by atoms with E-state index in [9.17, 15) is 9.59 Å². The van der Waals surface area contributed by atoms with Gasteiger partial charge in [0.05, 0.1) is 0 Å². The van der Waals surface area contributed by atoms with Gasteiger partial charge in [-0.3, -0.25) is 0 Å². The third-order valence-corrected chi connectivity index (χ3v) is 2.21. The number of rotatable bonds is 2. The second-order valence-electron chi connectivity index (χ2n) is 7.11. The topological polar surface area (TPSA) is 71.1 Å². The molecule has 0 spiro atoms. The van der Waals surface area contributed by atoms with Crippen molar-refractivity contribution in [1.82, 2.24) is 0 Å². The van der Waals surface area contributed by atoms with E-state index in [1.54, 1.807) is 60.6 Å². The minimum Gasteiger partial charge on any atom is -0.428 e. The number of aryl methyl sites for hydroxylation is 1. The van der Waals surface area contributed by atoms with Gasteiger partial charge in [0.2, 0.25) is 0 Å². The Morgan fingerprint density at radius 1 is 0.739 bits per heavy atom. The van der Waals surface area contributed by atoms with Gasteiger partial charge < -0.3 is 18.9 Å². The van der Waals surface area contributed by atoms with E-state index >= 15 is 0 Å². The largest absolute Gasteiger partial charge is 0.514 e. The normalized spacial score (nSPS) is 11.6. The molecule has 0 heterocycles. The summed E-state index contributed by atoms with van der Waals surface area (Å²) in [5.74, 6) is 0.440. The minimum absolute atomic E-state index is 0.220. The summed E-state index contributed by atoms with van der Waals surface area (Å²) in [4.78, 5) is 23.4. The molecule has 1 aromatic rings. The van der Waals surface area contributed by atoms with Crippen molar-refractivity contribution < 1.29 is 28.5 Å². The van der Waals surface area contributed by atoms with E-state index in [4.69, 9.17) is 18.9 Å². The van der Waals surface area contributed by atoms with E-state index in [2.05, 4.69) is 0 Å². The average Bonchev–Trinajstić information content (AvgIpc) is 2.20. The molecule has 0 atom stereocenters. The Balaban J connectivity index is 2.79. The van der Waals surface area contributed by atoms with E-state index in [-0.39, 0.29) is 11.5 Å². The molecule has 6 heteroatoms. The third-order valence-electron chi connectivity index (χ3n) is 2.21. The first-order chi connectivity index (χ1) is 10.3. The number of hydrogen-bond donors (Lipinski definition) is 0. The van der Waals surface area contributed by atoms with Gasteiger partial charge in [0.1, 0.15) is 22.7 Å². The van der Waals surface area contributed by atoms with Crippen molar-refractivity contribution in [2.45, 2.75) is 59.7 Å². The van der Waals surface area contributed by atoms with Crippen LogP contribution in [0.1, 0.15) is 47.1 Å². The molecule has 0 bridgehead atoms. The van der Waals surface area contributed by atoms with Gasteiger partial charge in [-0.1, -0.05) is 0 Å². The maximum absolute atomic E-state index is 11.7. The molecule has 0 aliphatic rings. The summed E-state index contributed by atoms with van der Waals surface area (Å²) in [6.45, 7) is 12.2. The van der Waals surface area contributed by atoms with Crippen LogP contribution in [-0.2, 0) is 9.47 Å². The lowest BCUT2D eigenvalue weighted by atomic mass is 10.2. The van der Waals surface area contributed by atoms with Crippen LogP contribution in [0.15, 0.2) is 18.2 Å². The van der Waals surface area contributed by atoms with Crippen LogP contribution in [-0.4, -0.2) is 23.5 Å². The molecule has 1 aromatic carbocycles. The molecule has 23 heavy (non-hydrogen) atoms. The molecule has 1 rings (SSSR count). The summed E-state index contributed by atoms with van der Waals surface area (Å²) in [5.41, 5.74) is -0.558. The Hall–Kier alpha value is -2.24. The van der Waals surface area contributed by atoms with Gasteiger partial charge in [-0.05, 0) is 66.2 Å². The Bertz CT molecular complexity index is 529. The quantitative estimate of drug-likeness (QED) is 0.584. The molecule has 0 amide bonds. The number of hydrogen-bond acceptors (Lipinski definition) is 6. The second-order valence-corrected chi connectivity index (χ2v) is 7.11. The number of carbonyl (C=O) groups is 2. The van der Waals surface area contributed by atoms with Gasteiger partial charge in [0, 0.05) is 6.07 Å². The predicted octanol–water partition coefficient (Wildman–Crippen LogP) is 4.62. The summed E-state index contributed by atoms with van der Waals surface area (Å²) >= 11 is 0. The highest BCUT2D eigenvalue weighted by Gasteiger charge is 2.20. The zero-order valence-corrected chi connectivity index (χ0v) is 14.7. The summed E-state index contributed by atoms with van der Waals surface area (Å²) in [5, 5.41) is 0. The van der Waals surface area contributed by atoms with Crippen LogP contribution >= 0.6 is 0 Å². The van der Waals surface area contributed by atoms with Gasteiger partial charge in [-0.2, -0.15) is 0 Å². The van der Waals surface area contributed by atoms with Crippen LogP contribution in [0.3, 0.4) is 0 Å². The molecular formula is C17H24O6. The summed E-state index contributed by atoms with van der Waals surface area (Å²) in [6.07, 6.45) is -1.65. The lowest BCUT2D eigenvalue weighted by Crippen LogP contribution is -2.26. The summed E-state index contributed by atoms with van der Waals surface area (Å²) < 4.78 is 20.4. The molecule has 6 nitrogen and oxygen atoms in total. The molecule has 0 saturated heterocycles. The fraction of sp³-hybridized carbons (Fsp3) is 0.529. The standard InChI is InChI=1S/C17H24O6/c1-11-8-12(20-14(18)22-16(2,3)4)10-13(9-11)21-15(19)23-17(5,6)7/h8-10H,1-7H3. The van der Waals surface area contributed by atoms with Crippen molar-refractivity contribution in [1.29, 1.82) is 0 Å². The van der Waals surface area contributed by atoms with E-state index in [1.807, 2.05) is 0 Å². The number of ether oxygens (including phenoxy) is 4. The maximum Gasteiger partial charge on any atom is 0.514 e. The van der Waals surface area contributed by atoms with Gasteiger partial charge in [-0.15, -0.1) is 0 Å². The smallest absolute Gasteiger partial charge is 0.428 e. The van der Waals surface area contributed by atoms with E-state index in [0.29, 0.717) is 0 Å². The monoisotopic (exact) mass is 324 g/mol. The zero-order chi connectivity index (χ0) is 17.8. The average molecular weight is 324 g/mol. The van der Waals surface area contributed by atoms with Gasteiger partial charge in [-0.25, -0.2) is 9.59 Å². The van der Waals surface area contributed by atoms with Crippen molar-refractivity contribution in [2.75, 3.05) is 0 Å². The van der Waals surface area contributed by atoms with Crippen LogP contribution in [0.5, 0.6) is 11.5 Å². The lowest BCUT2D eigenvalue weighted by molar-refractivity contribution is 0.0205. The number of carbonyl (C=O) groups excluding carboxylic acids is 2. The fourth-order valence-corrected chi connectivity index (χ4v) is 1.57. The molecule has 128 valence electrons. The van der Waals surface area contributed by atoms with Gasteiger partial charge in [0.25, 0.3) is 0 Å². The van der Waals surface area contributed by atoms with Crippen LogP contribution in [0.25, 0.3) is 0 Å². The first kappa shape index (κ1) is 18.8. The molecule has 0 unspecified atom stereocenters. The molecule has 0 fully saturated rings. The van der Waals surface area contributed by atoms with Crippen molar-refractivity contribution >= 4 is 12.3 Å². The molecular weight excluding hydrogens is 300 g/mol. The highest BCUT2D eigenvalue weighted by Crippen LogP contribution is 2.24. The molecule has 0 N–H and O–H groups in total. The predicted molar refractivity (Wildman–Crippen MR) is 84.9 cm³/mol. The third kappa shape index (κ3) is 8.09. The van der Waals surface area contributed by atoms with Crippen molar-refractivity contribution in [3.05, 3.63) is 23.8 Å². The van der Waals surface area contributed by atoms with Crippen molar-refractivity contribution in [3.63, 3.8) is 0 Å². The minimum atomic E-state index is -0.827. The summed E-state index contributed by atoms with van der Waals surface area (Å²) in [6, 6.07) is 4.68. The van der Waals surface area contributed by atoms with Crippen LogP contribution < -0.4 is 9.47 Å². The van der Waals surface area contributed by atoms with Crippen LogP contribution in [0, 0.1) is 6.92 Å². The molecule has 0 aliphatic heterocycles. The molecule has 0 radical (unpaired) electrons. The Morgan fingerprint density at radius 3 is 1.39 bits per heavy atom. The highest BCUT2D eigenvalue weighted by molar-refractivity contribution is 5.67. The number of benzene rings is 1.